The molecular weight excluding hydrogens is 283 g/mol. The van der Waals surface area contributed by atoms with Gasteiger partial charge in [0.05, 0.1) is 7.11 Å². The summed E-state index contributed by atoms with van der Waals surface area (Å²) in [6, 6.07) is 8.90. The molecule has 0 amide bonds. The third-order valence-electron chi connectivity index (χ3n) is 3.80. The minimum atomic E-state index is -0.143. The fourth-order valence-corrected chi connectivity index (χ4v) is 2.67. The van der Waals surface area contributed by atoms with Crippen LogP contribution in [0.3, 0.4) is 0 Å². The van der Waals surface area contributed by atoms with E-state index in [2.05, 4.69) is 20.2 Å². The van der Waals surface area contributed by atoms with Gasteiger partial charge in [-0.25, -0.2) is 9.37 Å². The highest BCUT2D eigenvalue weighted by atomic mass is 19.1. The van der Waals surface area contributed by atoms with E-state index in [4.69, 9.17) is 4.74 Å². The second-order valence-electron chi connectivity index (χ2n) is 5.38. The zero-order chi connectivity index (χ0) is 15.4. The van der Waals surface area contributed by atoms with Crippen LogP contribution in [-0.2, 0) is 6.54 Å². The standard InChI is InChI=1S/C16H19FN4O/c1-22-15-6-8-18-16(20-15)19-13-7-9-21(11-13)10-12-4-2-3-5-14(12)17/h2-6,8,13H,7,9-11H2,1H3,(H,18,19,20). The Hall–Kier alpha value is -2.21. The number of benzene rings is 1. The molecule has 0 saturated carbocycles. The number of likely N-dealkylation sites (tertiary alicyclic amines) is 1. The molecule has 1 atom stereocenters. The summed E-state index contributed by atoms with van der Waals surface area (Å²) >= 11 is 0. The highest BCUT2D eigenvalue weighted by molar-refractivity contribution is 5.29. The molecule has 2 aromatic rings. The third-order valence-corrected chi connectivity index (χ3v) is 3.80. The molecule has 0 spiro atoms. The predicted octanol–water partition coefficient (Wildman–Crippen LogP) is 2.31. The van der Waals surface area contributed by atoms with Gasteiger partial charge in [0, 0.05) is 43.5 Å². The Labute approximate surface area is 129 Å². The van der Waals surface area contributed by atoms with Crippen molar-refractivity contribution in [1.29, 1.82) is 0 Å². The molecule has 1 unspecified atom stereocenters. The molecule has 1 aliphatic heterocycles. The first kappa shape index (κ1) is 14.7. The number of methoxy groups -OCH3 is 1. The van der Waals surface area contributed by atoms with Crippen molar-refractivity contribution >= 4 is 5.95 Å². The summed E-state index contributed by atoms with van der Waals surface area (Å²) in [7, 11) is 1.58. The minimum absolute atomic E-state index is 0.143. The largest absolute Gasteiger partial charge is 0.481 e. The first-order valence-electron chi connectivity index (χ1n) is 7.34. The Bertz CT molecular complexity index is 637. The van der Waals surface area contributed by atoms with Gasteiger partial charge in [-0.15, -0.1) is 0 Å². The van der Waals surface area contributed by atoms with Gasteiger partial charge in [0.25, 0.3) is 0 Å². The molecule has 1 aromatic heterocycles. The summed E-state index contributed by atoms with van der Waals surface area (Å²) in [5, 5.41) is 3.31. The molecule has 22 heavy (non-hydrogen) atoms. The Morgan fingerprint density at radius 3 is 3.05 bits per heavy atom. The van der Waals surface area contributed by atoms with Crippen LogP contribution in [-0.4, -0.2) is 41.1 Å². The van der Waals surface area contributed by atoms with Crippen molar-refractivity contribution in [2.75, 3.05) is 25.5 Å². The van der Waals surface area contributed by atoms with Crippen LogP contribution < -0.4 is 10.1 Å². The smallest absolute Gasteiger partial charge is 0.226 e. The Morgan fingerprint density at radius 1 is 1.36 bits per heavy atom. The van der Waals surface area contributed by atoms with Crippen molar-refractivity contribution in [1.82, 2.24) is 14.9 Å². The zero-order valence-electron chi connectivity index (χ0n) is 12.5. The normalized spacial score (nSPS) is 18.4. The number of ether oxygens (including phenoxy) is 1. The van der Waals surface area contributed by atoms with Gasteiger partial charge < -0.3 is 10.1 Å². The van der Waals surface area contributed by atoms with Crippen molar-refractivity contribution in [3.05, 3.63) is 47.9 Å². The van der Waals surface area contributed by atoms with Gasteiger partial charge >= 0.3 is 0 Å². The lowest BCUT2D eigenvalue weighted by Crippen LogP contribution is -2.27. The lowest BCUT2D eigenvalue weighted by atomic mass is 10.2. The number of rotatable bonds is 5. The summed E-state index contributed by atoms with van der Waals surface area (Å²) in [5.41, 5.74) is 0.737. The van der Waals surface area contributed by atoms with Crippen LogP contribution in [0.25, 0.3) is 0 Å². The summed E-state index contributed by atoms with van der Waals surface area (Å²) in [6.45, 7) is 2.40. The van der Waals surface area contributed by atoms with E-state index in [1.54, 1.807) is 25.4 Å². The maximum atomic E-state index is 13.7. The fourth-order valence-electron chi connectivity index (χ4n) is 2.67. The number of nitrogens with zero attached hydrogens (tertiary/aromatic N) is 3. The van der Waals surface area contributed by atoms with Crippen LogP contribution in [0.5, 0.6) is 5.88 Å². The van der Waals surface area contributed by atoms with Crippen molar-refractivity contribution in [3.8, 4) is 5.88 Å². The molecule has 1 fully saturated rings. The molecule has 0 aliphatic carbocycles. The topological polar surface area (TPSA) is 50.3 Å². The van der Waals surface area contributed by atoms with E-state index in [-0.39, 0.29) is 11.9 Å². The second kappa shape index (κ2) is 6.70. The summed E-state index contributed by atoms with van der Waals surface area (Å²) in [6.07, 6.45) is 2.65. The Kier molecular flexibility index (Phi) is 4.48. The molecule has 116 valence electrons. The first-order valence-corrected chi connectivity index (χ1v) is 7.34. The molecule has 1 aliphatic rings. The SMILES string of the molecule is COc1ccnc(NC2CCN(Cc3ccccc3F)C2)n1. The number of aromatic nitrogens is 2. The molecule has 3 rings (SSSR count). The van der Waals surface area contributed by atoms with Gasteiger partial charge in [0.15, 0.2) is 0 Å². The van der Waals surface area contributed by atoms with Gasteiger partial charge in [-0.3, -0.25) is 4.90 Å². The molecular formula is C16H19FN4O. The van der Waals surface area contributed by atoms with Gasteiger partial charge in [-0.2, -0.15) is 4.98 Å². The maximum absolute atomic E-state index is 13.7. The predicted molar refractivity (Wildman–Crippen MR) is 82.3 cm³/mol. The van der Waals surface area contributed by atoms with E-state index in [0.29, 0.717) is 18.4 Å². The highest BCUT2D eigenvalue weighted by Gasteiger charge is 2.23. The molecule has 5 nitrogen and oxygen atoms in total. The fraction of sp³-hybridized carbons (Fsp3) is 0.375. The lowest BCUT2D eigenvalue weighted by molar-refractivity contribution is 0.322. The van der Waals surface area contributed by atoms with Crippen LogP contribution in [0, 0.1) is 5.82 Å². The molecule has 1 saturated heterocycles. The first-order chi connectivity index (χ1) is 10.7. The summed E-state index contributed by atoms with van der Waals surface area (Å²) in [5.74, 6) is 0.964. The van der Waals surface area contributed by atoms with Crippen molar-refractivity contribution in [2.45, 2.75) is 19.0 Å². The molecule has 0 radical (unpaired) electrons. The van der Waals surface area contributed by atoms with E-state index in [1.807, 2.05) is 12.1 Å². The van der Waals surface area contributed by atoms with E-state index in [1.165, 1.54) is 6.07 Å². The van der Waals surface area contributed by atoms with Gasteiger partial charge in [-0.1, -0.05) is 18.2 Å². The molecule has 6 heteroatoms. The maximum Gasteiger partial charge on any atom is 0.226 e. The average Bonchev–Trinajstić information content (AvgIpc) is 2.97. The van der Waals surface area contributed by atoms with Crippen LogP contribution in [0.2, 0.25) is 0 Å². The highest BCUT2D eigenvalue weighted by Crippen LogP contribution is 2.18. The van der Waals surface area contributed by atoms with E-state index < -0.39 is 0 Å². The Balaban J connectivity index is 1.57. The van der Waals surface area contributed by atoms with E-state index in [0.717, 1.165) is 25.1 Å². The van der Waals surface area contributed by atoms with Crippen LogP contribution in [0.15, 0.2) is 36.5 Å². The van der Waals surface area contributed by atoms with Crippen molar-refractivity contribution in [2.24, 2.45) is 0 Å². The Morgan fingerprint density at radius 2 is 2.23 bits per heavy atom. The number of anilines is 1. The lowest BCUT2D eigenvalue weighted by Gasteiger charge is -2.17. The van der Waals surface area contributed by atoms with Crippen LogP contribution >= 0.6 is 0 Å². The van der Waals surface area contributed by atoms with Crippen molar-refractivity contribution in [3.63, 3.8) is 0 Å². The van der Waals surface area contributed by atoms with Gasteiger partial charge in [0.2, 0.25) is 11.8 Å². The van der Waals surface area contributed by atoms with Gasteiger partial charge in [0.1, 0.15) is 5.82 Å². The van der Waals surface area contributed by atoms with Crippen LogP contribution in [0.4, 0.5) is 10.3 Å². The van der Waals surface area contributed by atoms with Crippen molar-refractivity contribution < 1.29 is 9.13 Å². The summed E-state index contributed by atoms with van der Waals surface area (Å²) in [4.78, 5) is 10.7. The monoisotopic (exact) mass is 302 g/mol. The molecule has 1 N–H and O–H groups in total. The number of hydrogen-bond donors (Lipinski definition) is 1. The molecule has 2 heterocycles. The number of halogens is 1. The average molecular weight is 302 g/mol. The van der Waals surface area contributed by atoms with Gasteiger partial charge in [-0.05, 0) is 12.5 Å². The molecule has 1 aromatic carbocycles. The molecule has 0 bridgehead atoms. The quantitative estimate of drug-likeness (QED) is 0.918. The zero-order valence-corrected chi connectivity index (χ0v) is 12.5. The number of nitrogens with one attached hydrogen (secondary N) is 1. The minimum Gasteiger partial charge on any atom is -0.481 e. The second-order valence-corrected chi connectivity index (χ2v) is 5.38. The summed E-state index contributed by atoms with van der Waals surface area (Å²) < 4.78 is 18.8. The van der Waals surface area contributed by atoms with Crippen LogP contribution in [0.1, 0.15) is 12.0 Å². The third kappa shape index (κ3) is 3.51. The number of hydrogen-bond acceptors (Lipinski definition) is 5. The van der Waals surface area contributed by atoms with E-state index >= 15 is 0 Å². The van der Waals surface area contributed by atoms with E-state index in [9.17, 15) is 4.39 Å².